The lowest BCUT2D eigenvalue weighted by Crippen LogP contribution is -2.05. The Morgan fingerprint density at radius 1 is 1.52 bits per heavy atom. The summed E-state index contributed by atoms with van der Waals surface area (Å²) in [6.45, 7) is 1.98. The molecule has 0 aliphatic rings. The zero-order valence-electron chi connectivity index (χ0n) is 11.9. The van der Waals surface area contributed by atoms with E-state index in [1.54, 1.807) is 19.1 Å². The molecule has 0 aliphatic heterocycles. The van der Waals surface area contributed by atoms with Crippen molar-refractivity contribution in [3.63, 3.8) is 0 Å². The number of ether oxygens (including phenoxy) is 1. The van der Waals surface area contributed by atoms with Gasteiger partial charge in [0, 0.05) is 12.1 Å². The first kappa shape index (κ1) is 17.0. The summed E-state index contributed by atoms with van der Waals surface area (Å²) in [6, 6.07) is 5.93. The number of aromatic nitrogens is 1. The third-order valence-corrected chi connectivity index (χ3v) is 4.14. The number of hydrazone groups is 1. The van der Waals surface area contributed by atoms with Gasteiger partial charge in [-0.2, -0.15) is 5.10 Å². The van der Waals surface area contributed by atoms with Crippen molar-refractivity contribution in [2.24, 2.45) is 5.10 Å². The molecule has 0 aliphatic carbocycles. The molecule has 2 aromatic rings. The fraction of sp³-hybridized carbons (Fsp3) is 0.154. The molecule has 0 atom stereocenters. The number of esters is 1. The fourth-order valence-corrected chi connectivity index (χ4v) is 2.86. The fourth-order valence-electron chi connectivity index (χ4n) is 1.52. The maximum atomic E-state index is 11.6. The number of thiazole rings is 1. The quantitative estimate of drug-likeness (QED) is 0.345. The molecule has 0 radical (unpaired) electrons. The zero-order valence-corrected chi connectivity index (χ0v) is 14.3. The number of nitro benzene ring substituents is 1. The smallest absolute Gasteiger partial charge is 0.359 e. The van der Waals surface area contributed by atoms with E-state index in [-0.39, 0.29) is 18.0 Å². The Bertz CT molecular complexity index is 745. The summed E-state index contributed by atoms with van der Waals surface area (Å²) in [5, 5.41) is 14.9. The van der Waals surface area contributed by atoms with Crippen LogP contribution in [0.25, 0.3) is 0 Å². The van der Waals surface area contributed by atoms with Gasteiger partial charge in [0.2, 0.25) is 5.13 Å². The number of carbonyl (C=O) groups excluding carboxylic acids is 1. The summed E-state index contributed by atoms with van der Waals surface area (Å²) in [5.74, 6) is -0.511. The van der Waals surface area contributed by atoms with Gasteiger partial charge in [-0.3, -0.25) is 15.5 Å². The summed E-state index contributed by atoms with van der Waals surface area (Å²) in [4.78, 5) is 25.8. The Labute approximate surface area is 143 Å². The molecule has 2 rings (SSSR count). The molecule has 0 spiro atoms. The highest BCUT2D eigenvalue weighted by Crippen LogP contribution is 2.29. The lowest BCUT2D eigenvalue weighted by atomic mass is 10.2. The van der Waals surface area contributed by atoms with Crippen molar-refractivity contribution in [3.05, 3.63) is 49.4 Å². The van der Waals surface area contributed by atoms with E-state index in [1.807, 2.05) is 0 Å². The van der Waals surface area contributed by atoms with E-state index in [4.69, 9.17) is 4.74 Å². The first-order valence-electron chi connectivity index (χ1n) is 6.38. The Kier molecular flexibility index (Phi) is 5.77. The minimum atomic E-state index is -0.511. The number of nitro groups is 1. The van der Waals surface area contributed by atoms with Crippen molar-refractivity contribution < 1.29 is 14.5 Å². The lowest BCUT2D eigenvalue weighted by Gasteiger charge is -1.97. The van der Waals surface area contributed by atoms with Crippen molar-refractivity contribution in [1.29, 1.82) is 0 Å². The van der Waals surface area contributed by atoms with Gasteiger partial charge in [-0.05, 0) is 40.5 Å². The summed E-state index contributed by atoms with van der Waals surface area (Å²) in [5.41, 5.74) is 3.58. The van der Waals surface area contributed by atoms with Crippen LogP contribution < -0.4 is 5.43 Å². The number of hydrogen-bond acceptors (Lipinski definition) is 8. The third-order valence-electron chi connectivity index (χ3n) is 2.53. The number of benzene rings is 1. The molecule has 8 nitrogen and oxygen atoms in total. The van der Waals surface area contributed by atoms with E-state index < -0.39 is 10.9 Å². The van der Waals surface area contributed by atoms with Crippen LogP contribution in [0.1, 0.15) is 23.0 Å². The molecule has 1 aromatic carbocycles. The van der Waals surface area contributed by atoms with E-state index in [9.17, 15) is 14.9 Å². The number of halogens is 1. The monoisotopic (exact) mass is 398 g/mol. The SMILES string of the molecule is CCOC(=O)c1nc(NN=Cc2ccc([N+](=O)[O-])cc2)sc1Br. The van der Waals surface area contributed by atoms with Crippen LogP contribution in [-0.4, -0.2) is 28.7 Å². The van der Waals surface area contributed by atoms with Crippen LogP contribution in [0.2, 0.25) is 0 Å². The van der Waals surface area contributed by atoms with Gasteiger partial charge in [0.05, 0.1) is 17.7 Å². The second-order valence-electron chi connectivity index (χ2n) is 4.08. The molecule has 1 aromatic heterocycles. The Hall–Kier alpha value is -2.33. The molecule has 0 saturated carbocycles. The van der Waals surface area contributed by atoms with E-state index in [0.29, 0.717) is 14.5 Å². The van der Waals surface area contributed by atoms with Gasteiger partial charge in [-0.15, -0.1) is 0 Å². The van der Waals surface area contributed by atoms with Gasteiger partial charge in [0.15, 0.2) is 5.69 Å². The van der Waals surface area contributed by atoms with Gasteiger partial charge in [0.25, 0.3) is 5.69 Å². The normalized spacial score (nSPS) is 10.7. The third kappa shape index (κ3) is 4.57. The van der Waals surface area contributed by atoms with Crippen molar-refractivity contribution in [3.8, 4) is 0 Å². The second-order valence-corrected chi connectivity index (χ2v) is 6.40. The van der Waals surface area contributed by atoms with Gasteiger partial charge in [-0.25, -0.2) is 9.78 Å². The van der Waals surface area contributed by atoms with Gasteiger partial charge in [0.1, 0.15) is 3.79 Å². The number of non-ortho nitro benzene ring substituents is 1. The van der Waals surface area contributed by atoms with Gasteiger partial charge < -0.3 is 4.74 Å². The molecule has 1 heterocycles. The molecule has 0 fully saturated rings. The van der Waals surface area contributed by atoms with Crippen LogP contribution in [0.5, 0.6) is 0 Å². The largest absolute Gasteiger partial charge is 0.461 e. The van der Waals surface area contributed by atoms with Crippen LogP contribution in [0.15, 0.2) is 33.2 Å². The van der Waals surface area contributed by atoms with Gasteiger partial charge in [-0.1, -0.05) is 11.3 Å². The molecule has 10 heteroatoms. The van der Waals surface area contributed by atoms with Crippen molar-refractivity contribution >= 4 is 50.3 Å². The topological polar surface area (TPSA) is 107 Å². The van der Waals surface area contributed by atoms with Crippen LogP contribution in [0.4, 0.5) is 10.8 Å². The maximum Gasteiger partial charge on any atom is 0.359 e. The molecule has 0 saturated heterocycles. The highest BCUT2D eigenvalue weighted by molar-refractivity contribution is 9.11. The Morgan fingerprint density at radius 3 is 2.83 bits per heavy atom. The van der Waals surface area contributed by atoms with Gasteiger partial charge >= 0.3 is 5.97 Å². The van der Waals surface area contributed by atoms with Crippen LogP contribution in [0.3, 0.4) is 0 Å². The average Bonchev–Trinajstić information content (AvgIpc) is 2.89. The summed E-state index contributed by atoms with van der Waals surface area (Å²) in [7, 11) is 0. The highest BCUT2D eigenvalue weighted by Gasteiger charge is 2.17. The van der Waals surface area contributed by atoms with Crippen molar-refractivity contribution in [2.45, 2.75) is 6.92 Å². The zero-order chi connectivity index (χ0) is 16.8. The lowest BCUT2D eigenvalue weighted by molar-refractivity contribution is -0.384. The molecule has 0 unspecified atom stereocenters. The molecular weight excluding hydrogens is 388 g/mol. The van der Waals surface area contributed by atoms with E-state index in [2.05, 4.69) is 31.4 Å². The van der Waals surface area contributed by atoms with Crippen molar-refractivity contribution in [1.82, 2.24) is 4.98 Å². The molecule has 0 amide bonds. The Morgan fingerprint density at radius 2 is 2.22 bits per heavy atom. The minimum Gasteiger partial charge on any atom is -0.461 e. The van der Waals surface area contributed by atoms with Crippen LogP contribution in [0, 0.1) is 10.1 Å². The van der Waals surface area contributed by atoms with Crippen LogP contribution >= 0.6 is 27.3 Å². The first-order valence-corrected chi connectivity index (χ1v) is 7.99. The summed E-state index contributed by atoms with van der Waals surface area (Å²) in [6.07, 6.45) is 1.49. The molecule has 120 valence electrons. The highest BCUT2D eigenvalue weighted by atomic mass is 79.9. The number of nitrogens with one attached hydrogen (secondary N) is 1. The van der Waals surface area contributed by atoms with E-state index in [1.165, 1.54) is 29.7 Å². The van der Waals surface area contributed by atoms with E-state index in [0.717, 1.165) is 0 Å². The second kappa shape index (κ2) is 7.79. The summed E-state index contributed by atoms with van der Waals surface area (Å²) >= 11 is 4.45. The standard InChI is InChI=1S/C13H11BrN4O4S/c1-2-22-12(19)10-11(14)23-13(16-10)17-15-7-8-3-5-9(6-4-8)18(20)21/h3-7H,2H2,1H3,(H,16,17). The molecule has 1 N–H and O–H groups in total. The number of anilines is 1. The molecular formula is C13H11BrN4O4S. The van der Waals surface area contributed by atoms with Crippen molar-refractivity contribution in [2.75, 3.05) is 12.0 Å². The number of hydrogen-bond donors (Lipinski definition) is 1. The molecule has 23 heavy (non-hydrogen) atoms. The first-order chi connectivity index (χ1) is 11.0. The number of rotatable bonds is 6. The number of nitrogens with zero attached hydrogens (tertiary/aromatic N) is 3. The predicted octanol–water partition coefficient (Wildman–Crippen LogP) is 3.44. The maximum absolute atomic E-state index is 11.6. The summed E-state index contributed by atoms with van der Waals surface area (Å²) < 4.78 is 5.43. The molecule has 0 bridgehead atoms. The van der Waals surface area contributed by atoms with E-state index >= 15 is 0 Å². The predicted molar refractivity (Wildman–Crippen MR) is 90.1 cm³/mol. The minimum absolute atomic E-state index is 0.0121. The number of carbonyl (C=O) groups is 1. The Balaban J connectivity index is 2.01. The van der Waals surface area contributed by atoms with Crippen LogP contribution in [-0.2, 0) is 4.74 Å². The average molecular weight is 399 g/mol.